The van der Waals surface area contributed by atoms with E-state index >= 15 is 0 Å². The van der Waals surface area contributed by atoms with Crippen LogP contribution in [0.2, 0.25) is 0 Å². The molecule has 1 heterocycles. The van der Waals surface area contributed by atoms with E-state index in [0.29, 0.717) is 18.4 Å². The van der Waals surface area contributed by atoms with E-state index in [4.69, 9.17) is 0 Å². The van der Waals surface area contributed by atoms with Crippen LogP contribution in [-0.4, -0.2) is 10.1 Å². The van der Waals surface area contributed by atoms with Gasteiger partial charge in [0.25, 0.3) is 0 Å². The van der Waals surface area contributed by atoms with E-state index in [1.807, 2.05) is 0 Å². The molecule has 1 aromatic rings. The molecule has 1 fully saturated rings. The first-order valence-corrected chi connectivity index (χ1v) is 3.56. The lowest BCUT2D eigenvalue weighted by Crippen LogP contribution is -2.07. The predicted octanol–water partition coefficient (Wildman–Crippen LogP) is 1.20. The number of nitrogens with zero attached hydrogens (tertiary/aromatic N) is 1. The molecule has 2 rings (SSSR count). The molecule has 11 heavy (non-hydrogen) atoms. The minimum Gasteiger partial charge on any atom is -0.385 e. The lowest BCUT2D eigenvalue weighted by Gasteiger charge is -2.06. The highest BCUT2D eigenvalue weighted by Crippen LogP contribution is 2.45. The van der Waals surface area contributed by atoms with Gasteiger partial charge in [-0.1, -0.05) is 6.07 Å². The molecule has 0 amide bonds. The molecule has 0 aromatic carbocycles. The van der Waals surface area contributed by atoms with Crippen LogP contribution in [0.1, 0.15) is 18.4 Å². The van der Waals surface area contributed by atoms with Gasteiger partial charge < -0.3 is 5.11 Å². The number of halogens is 1. The number of hydrogen-bond donors (Lipinski definition) is 1. The van der Waals surface area contributed by atoms with Crippen LogP contribution in [0.15, 0.2) is 18.3 Å². The minimum absolute atomic E-state index is 0.333. The molecule has 0 unspecified atom stereocenters. The van der Waals surface area contributed by atoms with Crippen molar-refractivity contribution in [1.29, 1.82) is 0 Å². The number of rotatable bonds is 1. The lowest BCUT2D eigenvalue weighted by atomic mass is 10.1. The van der Waals surface area contributed by atoms with Gasteiger partial charge in [0.05, 0.1) is 5.60 Å². The molecule has 1 saturated carbocycles. The zero-order chi connectivity index (χ0) is 7.90. The molecular weight excluding hydrogens is 145 g/mol. The minimum atomic E-state index is -0.904. The molecule has 3 heteroatoms. The van der Waals surface area contributed by atoms with E-state index in [1.54, 1.807) is 12.1 Å². The topological polar surface area (TPSA) is 33.1 Å². The average Bonchev–Trinajstić information content (AvgIpc) is 2.70. The van der Waals surface area contributed by atoms with E-state index in [9.17, 15) is 9.50 Å². The van der Waals surface area contributed by atoms with Gasteiger partial charge in [-0.15, -0.1) is 0 Å². The van der Waals surface area contributed by atoms with Crippen LogP contribution < -0.4 is 0 Å². The van der Waals surface area contributed by atoms with Crippen LogP contribution in [0.4, 0.5) is 4.39 Å². The Morgan fingerprint density at radius 2 is 2.27 bits per heavy atom. The zero-order valence-corrected chi connectivity index (χ0v) is 5.92. The van der Waals surface area contributed by atoms with Crippen molar-refractivity contribution < 1.29 is 9.50 Å². The molecule has 2 nitrogen and oxygen atoms in total. The highest BCUT2D eigenvalue weighted by atomic mass is 19.1. The maximum Gasteiger partial charge on any atom is 0.218 e. The van der Waals surface area contributed by atoms with Crippen molar-refractivity contribution in [3.63, 3.8) is 0 Å². The molecule has 0 radical (unpaired) electrons. The normalized spacial score (nSPS) is 19.8. The van der Waals surface area contributed by atoms with E-state index < -0.39 is 11.5 Å². The third-order valence-electron chi connectivity index (χ3n) is 1.98. The maximum atomic E-state index is 12.9. The molecule has 0 saturated heterocycles. The summed E-state index contributed by atoms with van der Waals surface area (Å²) in [5, 5.41) is 9.50. The van der Waals surface area contributed by atoms with Crippen LogP contribution >= 0.6 is 0 Å². The second-order valence-electron chi connectivity index (χ2n) is 2.87. The first-order chi connectivity index (χ1) is 5.22. The maximum absolute atomic E-state index is 12.9. The fourth-order valence-corrected chi connectivity index (χ4v) is 1.12. The second-order valence-corrected chi connectivity index (χ2v) is 2.87. The summed E-state index contributed by atoms with van der Waals surface area (Å²) in [7, 11) is 0. The Kier molecular flexibility index (Phi) is 1.23. The summed E-state index contributed by atoms with van der Waals surface area (Å²) in [5.41, 5.74) is -0.571. The third kappa shape index (κ3) is 1.01. The SMILES string of the molecule is OC1(c2cccnc2F)CC1. The fraction of sp³-hybridized carbons (Fsp3) is 0.375. The Morgan fingerprint density at radius 1 is 1.55 bits per heavy atom. The number of hydrogen-bond acceptors (Lipinski definition) is 2. The molecule has 0 spiro atoms. The van der Waals surface area contributed by atoms with E-state index in [0.717, 1.165) is 0 Å². The second kappa shape index (κ2) is 2.01. The van der Waals surface area contributed by atoms with Gasteiger partial charge >= 0.3 is 0 Å². The summed E-state index contributed by atoms with van der Waals surface area (Å²) >= 11 is 0. The summed E-state index contributed by atoms with van der Waals surface area (Å²) in [5.74, 6) is -0.549. The number of aliphatic hydroxyl groups is 1. The van der Waals surface area contributed by atoms with Gasteiger partial charge in [0.15, 0.2) is 0 Å². The Morgan fingerprint density at radius 3 is 2.82 bits per heavy atom. The monoisotopic (exact) mass is 153 g/mol. The summed E-state index contributed by atoms with van der Waals surface area (Å²) < 4.78 is 12.9. The summed E-state index contributed by atoms with van der Waals surface area (Å²) in [6.45, 7) is 0. The summed E-state index contributed by atoms with van der Waals surface area (Å²) in [4.78, 5) is 3.46. The van der Waals surface area contributed by atoms with Crippen molar-refractivity contribution in [2.24, 2.45) is 0 Å². The van der Waals surface area contributed by atoms with Crippen LogP contribution in [0, 0.1) is 5.95 Å². The van der Waals surface area contributed by atoms with Gasteiger partial charge in [0.2, 0.25) is 5.95 Å². The largest absolute Gasteiger partial charge is 0.385 e. The third-order valence-corrected chi connectivity index (χ3v) is 1.98. The molecule has 1 aliphatic carbocycles. The van der Waals surface area contributed by atoms with Crippen molar-refractivity contribution >= 4 is 0 Å². The summed E-state index contributed by atoms with van der Waals surface area (Å²) in [6, 6.07) is 3.21. The Balaban J connectivity index is 2.45. The van der Waals surface area contributed by atoms with E-state index in [-0.39, 0.29) is 0 Å². The molecule has 0 aliphatic heterocycles. The van der Waals surface area contributed by atoms with Gasteiger partial charge in [-0.2, -0.15) is 4.39 Å². The van der Waals surface area contributed by atoms with Gasteiger partial charge in [0, 0.05) is 11.8 Å². The van der Waals surface area contributed by atoms with Gasteiger partial charge in [-0.3, -0.25) is 0 Å². The number of pyridine rings is 1. The van der Waals surface area contributed by atoms with Crippen molar-refractivity contribution in [2.45, 2.75) is 18.4 Å². The Labute approximate surface area is 63.7 Å². The van der Waals surface area contributed by atoms with Gasteiger partial charge in [-0.05, 0) is 18.9 Å². The van der Waals surface area contributed by atoms with Crippen LogP contribution in [-0.2, 0) is 5.60 Å². The Bertz CT molecular complexity index is 283. The van der Waals surface area contributed by atoms with Gasteiger partial charge in [-0.25, -0.2) is 4.98 Å². The van der Waals surface area contributed by atoms with Crippen LogP contribution in [0.5, 0.6) is 0 Å². The van der Waals surface area contributed by atoms with Crippen molar-refractivity contribution in [3.8, 4) is 0 Å². The standard InChI is InChI=1S/C8H8FNO/c9-7-6(2-1-5-10-7)8(11)3-4-8/h1-2,5,11H,3-4H2. The highest BCUT2D eigenvalue weighted by Gasteiger charge is 2.44. The quantitative estimate of drug-likeness (QED) is 0.615. The highest BCUT2D eigenvalue weighted by molar-refractivity contribution is 5.24. The summed E-state index contributed by atoms with van der Waals surface area (Å²) in [6.07, 6.45) is 2.68. The van der Waals surface area contributed by atoms with Gasteiger partial charge in [0.1, 0.15) is 0 Å². The molecular formula is C8H8FNO. The molecule has 1 aliphatic rings. The van der Waals surface area contributed by atoms with Crippen molar-refractivity contribution in [3.05, 3.63) is 29.8 Å². The number of aromatic nitrogens is 1. The fourth-order valence-electron chi connectivity index (χ4n) is 1.12. The lowest BCUT2D eigenvalue weighted by molar-refractivity contribution is 0.145. The average molecular weight is 153 g/mol. The molecule has 1 N–H and O–H groups in total. The van der Waals surface area contributed by atoms with E-state index in [2.05, 4.69) is 4.98 Å². The predicted molar refractivity (Wildman–Crippen MR) is 37.3 cm³/mol. The van der Waals surface area contributed by atoms with Crippen molar-refractivity contribution in [1.82, 2.24) is 4.98 Å². The first kappa shape index (κ1) is 6.73. The van der Waals surface area contributed by atoms with Crippen LogP contribution in [0.25, 0.3) is 0 Å². The molecule has 0 bridgehead atoms. The van der Waals surface area contributed by atoms with Crippen molar-refractivity contribution in [2.75, 3.05) is 0 Å². The smallest absolute Gasteiger partial charge is 0.218 e. The van der Waals surface area contributed by atoms with E-state index in [1.165, 1.54) is 6.20 Å². The Hall–Kier alpha value is -0.960. The first-order valence-electron chi connectivity index (χ1n) is 3.56. The molecule has 0 atom stereocenters. The zero-order valence-electron chi connectivity index (χ0n) is 5.92. The molecule has 58 valence electrons. The molecule has 1 aromatic heterocycles. The van der Waals surface area contributed by atoms with Crippen LogP contribution in [0.3, 0.4) is 0 Å².